The molecule has 2 heteroatoms. The Bertz CT molecular complexity index is 252. The first-order chi connectivity index (χ1) is 6.83. The summed E-state index contributed by atoms with van der Waals surface area (Å²) in [6.45, 7) is 3.09. The standard InChI is InChI=1S/C8H8O2.C4H8/c9-7-10-6-8-4-2-1-3-5-8;1-4-2-3-4/h1-5,7H,6H2;4H,2-3H2,1H3. The fraction of sp³-hybridized carbons (Fsp3) is 0.417. The highest BCUT2D eigenvalue weighted by molar-refractivity contribution is 5.37. The van der Waals surface area contributed by atoms with Crippen LogP contribution in [0.4, 0.5) is 0 Å². The lowest BCUT2D eigenvalue weighted by molar-refractivity contribution is -0.129. The zero-order chi connectivity index (χ0) is 10.2. The van der Waals surface area contributed by atoms with Crippen molar-refractivity contribution in [2.75, 3.05) is 0 Å². The van der Waals surface area contributed by atoms with Crippen LogP contribution < -0.4 is 0 Å². The van der Waals surface area contributed by atoms with Crippen LogP contribution in [0.3, 0.4) is 0 Å². The highest BCUT2D eigenvalue weighted by Gasteiger charge is 2.12. The first kappa shape index (κ1) is 10.8. The maximum atomic E-state index is 9.76. The van der Waals surface area contributed by atoms with Crippen molar-refractivity contribution in [3.05, 3.63) is 35.9 Å². The molecule has 76 valence electrons. The third-order valence-electron chi connectivity index (χ3n) is 2.03. The Morgan fingerprint density at radius 3 is 2.36 bits per heavy atom. The fourth-order valence-electron chi connectivity index (χ4n) is 0.871. The van der Waals surface area contributed by atoms with Gasteiger partial charge in [-0.15, -0.1) is 0 Å². The van der Waals surface area contributed by atoms with Gasteiger partial charge in [0.1, 0.15) is 6.61 Å². The van der Waals surface area contributed by atoms with Crippen molar-refractivity contribution in [2.24, 2.45) is 5.92 Å². The zero-order valence-corrected chi connectivity index (χ0v) is 8.48. The summed E-state index contributed by atoms with van der Waals surface area (Å²) in [7, 11) is 0. The van der Waals surface area contributed by atoms with E-state index in [0.29, 0.717) is 13.1 Å². The minimum absolute atomic E-state index is 0.365. The van der Waals surface area contributed by atoms with Gasteiger partial charge in [0.15, 0.2) is 0 Å². The Morgan fingerprint density at radius 1 is 1.36 bits per heavy atom. The number of rotatable bonds is 3. The predicted molar refractivity (Wildman–Crippen MR) is 55.7 cm³/mol. The molecular weight excluding hydrogens is 176 g/mol. The zero-order valence-electron chi connectivity index (χ0n) is 8.48. The van der Waals surface area contributed by atoms with Crippen LogP contribution in [-0.4, -0.2) is 6.47 Å². The molecule has 0 N–H and O–H groups in total. The van der Waals surface area contributed by atoms with Crippen LogP contribution in [0.5, 0.6) is 0 Å². The Hall–Kier alpha value is -1.31. The van der Waals surface area contributed by atoms with Crippen LogP contribution in [0.1, 0.15) is 25.3 Å². The lowest BCUT2D eigenvalue weighted by atomic mass is 10.2. The fourth-order valence-corrected chi connectivity index (χ4v) is 0.871. The summed E-state index contributed by atoms with van der Waals surface area (Å²) in [5.74, 6) is 1.08. The molecule has 1 aliphatic rings. The minimum atomic E-state index is 0.365. The molecule has 0 radical (unpaired) electrons. The monoisotopic (exact) mass is 192 g/mol. The molecule has 1 aliphatic carbocycles. The second kappa shape index (κ2) is 6.19. The Morgan fingerprint density at radius 2 is 1.93 bits per heavy atom. The molecule has 2 rings (SSSR count). The van der Waals surface area contributed by atoms with E-state index in [2.05, 4.69) is 11.7 Å². The van der Waals surface area contributed by atoms with E-state index in [-0.39, 0.29) is 0 Å². The van der Waals surface area contributed by atoms with Gasteiger partial charge in [-0.3, -0.25) is 4.79 Å². The summed E-state index contributed by atoms with van der Waals surface area (Å²) < 4.78 is 4.54. The van der Waals surface area contributed by atoms with Gasteiger partial charge in [-0.1, -0.05) is 50.1 Å². The van der Waals surface area contributed by atoms with E-state index in [9.17, 15) is 4.79 Å². The number of hydrogen-bond donors (Lipinski definition) is 0. The number of ether oxygens (including phenoxy) is 1. The largest absolute Gasteiger partial charge is 0.463 e. The molecule has 0 amide bonds. The Labute approximate surface area is 84.9 Å². The van der Waals surface area contributed by atoms with Gasteiger partial charge in [0.2, 0.25) is 0 Å². The molecule has 14 heavy (non-hydrogen) atoms. The quantitative estimate of drug-likeness (QED) is 0.688. The number of benzene rings is 1. The number of carbonyl (C=O) groups excluding carboxylic acids is 1. The summed E-state index contributed by atoms with van der Waals surface area (Å²) in [6.07, 6.45) is 2.97. The maximum Gasteiger partial charge on any atom is 0.293 e. The topological polar surface area (TPSA) is 26.3 Å². The molecule has 0 atom stereocenters. The van der Waals surface area contributed by atoms with Crippen LogP contribution in [0.15, 0.2) is 30.3 Å². The molecule has 0 saturated heterocycles. The summed E-state index contributed by atoms with van der Waals surface area (Å²) in [5.41, 5.74) is 1.01. The molecule has 0 aliphatic heterocycles. The molecule has 0 bridgehead atoms. The average Bonchev–Trinajstić information content (AvgIpc) is 3.00. The minimum Gasteiger partial charge on any atom is -0.463 e. The highest BCUT2D eigenvalue weighted by Crippen LogP contribution is 2.26. The number of carbonyl (C=O) groups is 1. The Kier molecular flexibility index (Phi) is 4.76. The van der Waals surface area contributed by atoms with Crippen molar-refractivity contribution < 1.29 is 9.53 Å². The molecule has 1 saturated carbocycles. The van der Waals surface area contributed by atoms with E-state index < -0.39 is 0 Å². The lowest BCUT2D eigenvalue weighted by Crippen LogP contribution is -1.88. The molecule has 0 heterocycles. The van der Waals surface area contributed by atoms with Crippen LogP contribution in [0.25, 0.3) is 0 Å². The molecule has 1 aromatic carbocycles. The SMILES string of the molecule is CC1CC1.O=COCc1ccccc1. The van der Waals surface area contributed by atoms with E-state index in [1.807, 2.05) is 30.3 Å². The third-order valence-corrected chi connectivity index (χ3v) is 2.03. The Balaban J connectivity index is 0.000000203. The van der Waals surface area contributed by atoms with Crippen LogP contribution in [0, 0.1) is 5.92 Å². The summed E-state index contributed by atoms with van der Waals surface area (Å²) >= 11 is 0. The van der Waals surface area contributed by atoms with Crippen molar-refractivity contribution in [1.82, 2.24) is 0 Å². The van der Waals surface area contributed by atoms with E-state index >= 15 is 0 Å². The maximum absolute atomic E-state index is 9.76. The van der Waals surface area contributed by atoms with Crippen LogP contribution >= 0.6 is 0 Å². The van der Waals surface area contributed by atoms with Gasteiger partial charge >= 0.3 is 0 Å². The van der Waals surface area contributed by atoms with Crippen LogP contribution in [-0.2, 0) is 16.1 Å². The van der Waals surface area contributed by atoms with Gasteiger partial charge in [-0.25, -0.2) is 0 Å². The van der Waals surface area contributed by atoms with Crippen molar-refractivity contribution >= 4 is 6.47 Å². The second-order valence-corrected chi connectivity index (χ2v) is 3.58. The molecule has 0 aromatic heterocycles. The van der Waals surface area contributed by atoms with E-state index in [0.717, 1.165) is 11.5 Å². The lowest BCUT2D eigenvalue weighted by Gasteiger charge is -1.95. The van der Waals surface area contributed by atoms with Gasteiger partial charge in [-0.2, -0.15) is 0 Å². The smallest absolute Gasteiger partial charge is 0.293 e. The molecule has 1 fully saturated rings. The van der Waals surface area contributed by atoms with Crippen molar-refractivity contribution in [2.45, 2.75) is 26.4 Å². The first-order valence-electron chi connectivity index (χ1n) is 4.92. The van der Waals surface area contributed by atoms with E-state index in [4.69, 9.17) is 0 Å². The van der Waals surface area contributed by atoms with Crippen molar-refractivity contribution in [3.63, 3.8) is 0 Å². The van der Waals surface area contributed by atoms with Gasteiger partial charge in [0.05, 0.1) is 0 Å². The van der Waals surface area contributed by atoms with E-state index in [1.165, 1.54) is 12.8 Å². The molecule has 2 nitrogen and oxygen atoms in total. The highest BCUT2D eigenvalue weighted by atomic mass is 16.5. The molecule has 0 unspecified atom stereocenters. The predicted octanol–water partition coefficient (Wildman–Crippen LogP) is 2.78. The second-order valence-electron chi connectivity index (χ2n) is 3.58. The number of hydrogen-bond acceptors (Lipinski definition) is 2. The van der Waals surface area contributed by atoms with Gasteiger partial charge in [-0.05, 0) is 11.5 Å². The van der Waals surface area contributed by atoms with E-state index in [1.54, 1.807) is 0 Å². The summed E-state index contributed by atoms with van der Waals surface area (Å²) in [6, 6.07) is 9.55. The summed E-state index contributed by atoms with van der Waals surface area (Å²) in [5, 5.41) is 0. The molecular formula is C12H16O2. The first-order valence-corrected chi connectivity index (χ1v) is 4.92. The van der Waals surface area contributed by atoms with Gasteiger partial charge in [0.25, 0.3) is 6.47 Å². The normalized spacial score (nSPS) is 13.8. The van der Waals surface area contributed by atoms with Crippen molar-refractivity contribution in [3.8, 4) is 0 Å². The van der Waals surface area contributed by atoms with Gasteiger partial charge in [0, 0.05) is 0 Å². The molecule has 0 spiro atoms. The van der Waals surface area contributed by atoms with Gasteiger partial charge < -0.3 is 4.74 Å². The summed E-state index contributed by atoms with van der Waals surface area (Å²) in [4.78, 5) is 9.76. The average molecular weight is 192 g/mol. The molecule has 1 aromatic rings. The van der Waals surface area contributed by atoms with Crippen LogP contribution in [0.2, 0.25) is 0 Å². The van der Waals surface area contributed by atoms with Crippen molar-refractivity contribution in [1.29, 1.82) is 0 Å². The third kappa shape index (κ3) is 5.36.